The first-order valence-electron chi connectivity index (χ1n) is 8.32. The van der Waals surface area contributed by atoms with Gasteiger partial charge >= 0.3 is 0 Å². The van der Waals surface area contributed by atoms with Gasteiger partial charge in [-0.1, -0.05) is 52.3 Å². The summed E-state index contributed by atoms with van der Waals surface area (Å²) >= 11 is 3.51. The number of hydrogen-bond acceptors (Lipinski definition) is 1. The minimum Gasteiger partial charge on any atom is -0.358 e. The summed E-state index contributed by atoms with van der Waals surface area (Å²) in [7, 11) is 0. The second-order valence-corrected chi connectivity index (χ2v) is 7.26. The van der Waals surface area contributed by atoms with Crippen molar-refractivity contribution in [1.29, 1.82) is 0 Å². The van der Waals surface area contributed by atoms with E-state index >= 15 is 0 Å². The third-order valence-corrected chi connectivity index (χ3v) is 5.54. The highest BCUT2D eigenvalue weighted by molar-refractivity contribution is 9.10. The summed E-state index contributed by atoms with van der Waals surface area (Å²) in [5, 5.41) is 4.51. The van der Waals surface area contributed by atoms with Crippen LogP contribution >= 0.6 is 15.9 Å². The second-order valence-electron chi connectivity index (χ2n) is 6.40. The molecule has 24 heavy (non-hydrogen) atoms. The molecule has 3 nitrogen and oxygen atoms in total. The number of para-hydroxylation sites is 1. The van der Waals surface area contributed by atoms with Gasteiger partial charge in [-0.25, -0.2) is 0 Å². The molecule has 1 heterocycles. The van der Waals surface area contributed by atoms with E-state index in [0.29, 0.717) is 6.42 Å². The van der Waals surface area contributed by atoms with Crippen molar-refractivity contribution in [3.8, 4) is 0 Å². The lowest BCUT2D eigenvalue weighted by Crippen LogP contribution is -2.39. The van der Waals surface area contributed by atoms with Gasteiger partial charge in [0, 0.05) is 27.1 Å². The fourth-order valence-electron chi connectivity index (χ4n) is 3.59. The molecule has 1 amide bonds. The number of aryl methyl sites for hydroxylation is 1. The number of rotatable bonds is 3. The summed E-state index contributed by atoms with van der Waals surface area (Å²) in [6, 6.07) is 16.5. The van der Waals surface area contributed by atoms with Crippen LogP contribution in [0, 0.1) is 0 Å². The molecule has 4 heteroatoms. The zero-order chi connectivity index (χ0) is 16.5. The van der Waals surface area contributed by atoms with E-state index in [0.717, 1.165) is 29.3 Å². The minimum absolute atomic E-state index is 0.0928. The van der Waals surface area contributed by atoms with Crippen molar-refractivity contribution in [3.63, 3.8) is 0 Å². The second kappa shape index (κ2) is 6.44. The molecule has 0 radical (unpaired) electrons. The number of H-pyrrole nitrogens is 1. The predicted molar refractivity (Wildman–Crippen MR) is 100 cm³/mol. The summed E-state index contributed by atoms with van der Waals surface area (Å²) in [6.07, 6.45) is 3.30. The summed E-state index contributed by atoms with van der Waals surface area (Å²) < 4.78 is 0.989. The van der Waals surface area contributed by atoms with E-state index in [-0.39, 0.29) is 11.9 Å². The smallest absolute Gasteiger partial charge is 0.224 e. The molecule has 0 saturated heterocycles. The van der Waals surface area contributed by atoms with E-state index in [2.05, 4.69) is 50.5 Å². The topological polar surface area (TPSA) is 44.9 Å². The van der Waals surface area contributed by atoms with Crippen molar-refractivity contribution in [2.45, 2.75) is 31.7 Å². The lowest BCUT2D eigenvalue weighted by Gasteiger charge is -2.23. The molecular formula is C20H19BrN2O. The molecule has 3 aromatic rings. The van der Waals surface area contributed by atoms with Crippen molar-refractivity contribution in [1.82, 2.24) is 10.3 Å². The average molecular weight is 383 g/mol. The molecule has 122 valence electrons. The Morgan fingerprint density at radius 3 is 2.83 bits per heavy atom. The van der Waals surface area contributed by atoms with Gasteiger partial charge in [0.25, 0.3) is 0 Å². The highest BCUT2D eigenvalue weighted by Crippen LogP contribution is 2.29. The molecule has 4 rings (SSSR count). The number of halogens is 1. The number of benzene rings is 2. The van der Waals surface area contributed by atoms with E-state index in [4.69, 9.17) is 0 Å². The minimum atomic E-state index is 0.0928. The summed E-state index contributed by atoms with van der Waals surface area (Å²) in [5.74, 6) is 0.0928. The number of aromatic amines is 1. The number of amides is 1. The van der Waals surface area contributed by atoms with Crippen molar-refractivity contribution < 1.29 is 4.79 Å². The highest BCUT2D eigenvalue weighted by atomic mass is 79.9. The van der Waals surface area contributed by atoms with Crippen LogP contribution in [-0.2, 0) is 24.1 Å². The summed E-state index contributed by atoms with van der Waals surface area (Å²) in [6.45, 7) is 0. The van der Waals surface area contributed by atoms with Crippen LogP contribution in [0.4, 0.5) is 0 Å². The highest BCUT2D eigenvalue weighted by Gasteiger charge is 2.23. The maximum atomic E-state index is 12.4. The molecule has 0 spiro atoms. The van der Waals surface area contributed by atoms with Crippen LogP contribution in [0.25, 0.3) is 10.9 Å². The van der Waals surface area contributed by atoms with Crippen LogP contribution in [0.1, 0.15) is 23.2 Å². The standard InChI is InChI=1S/C20H19BrN2O/c21-17-7-3-1-5-13(17)11-20(24)22-14-9-10-19-16(12-14)15-6-2-4-8-18(15)23-19/h1-8,14,23H,9-12H2,(H,22,24). The van der Waals surface area contributed by atoms with Crippen molar-refractivity contribution >= 4 is 32.7 Å². The van der Waals surface area contributed by atoms with Gasteiger partial charge in [-0.3, -0.25) is 4.79 Å². The fourth-order valence-corrected chi connectivity index (χ4v) is 4.01. The van der Waals surface area contributed by atoms with Gasteiger partial charge in [0.05, 0.1) is 6.42 Å². The molecule has 1 aromatic heterocycles. The lowest BCUT2D eigenvalue weighted by atomic mass is 9.91. The van der Waals surface area contributed by atoms with Crippen molar-refractivity contribution in [2.24, 2.45) is 0 Å². The van der Waals surface area contributed by atoms with E-state index in [9.17, 15) is 4.79 Å². The van der Waals surface area contributed by atoms with Crippen LogP contribution < -0.4 is 5.32 Å². The lowest BCUT2D eigenvalue weighted by molar-refractivity contribution is -0.121. The molecule has 0 fully saturated rings. The van der Waals surface area contributed by atoms with Crippen molar-refractivity contribution in [3.05, 3.63) is 69.8 Å². The maximum Gasteiger partial charge on any atom is 0.224 e. The molecule has 2 N–H and O–H groups in total. The fraction of sp³-hybridized carbons (Fsp3) is 0.250. The number of carbonyl (C=O) groups is 1. The SMILES string of the molecule is O=C(Cc1ccccc1Br)NC1CCc2[nH]c3ccccc3c2C1. The Morgan fingerprint density at radius 1 is 1.17 bits per heavy atom. The first kappa shape index (κ1) is 15.5. The maximum absolute atomic E-state index is 12.4. The largest absolute Gasteiger partial charge is 0.358 e. The third-order valence-electron chi connectivity index (χ3n) is 4.77. The van der Waals surface area contributed by atoms with Gasteiger partial charge in [0.2, 0.25) is 5.91 Å². The molecule has 1 aliphatic rings. The number of carbonyl (C=O) groups excluding carboxylic acids is 1. The number of hydrogen-bond donors (Lipinski definition) is 2. The Kier molecular flexibility index (Phi) is 4.15. The van der Waals surface area contributed by atoms with Crippen LogP contribution in [0.2, 0.25) is 0 Å². The molecule has 1 atom stereocenters. The van der Waals surface area contributed by atoms with Gasteiger partial charge in [-0.2, -0.15) is 0 Å². The zero-order valence-electron chi connectivity index (χ0n) is 13.3. The van der Waals surface area contributed by atoms with Crippen molar-refractivity contribution in [2.75, 3.05) is 0 Å². The molecule has 0 bridgehead atoms. The average Bonchev–Trinajstić information content (AvgIpc) is 2.95. The predicted octanol–water partition coefficient (Wildman–Crippen LogP) is 4.15. The van der Waals surface area contributed by atoms with Crippen LogP contribution in [0.3, 0.4) is 0 Å². The molecular weight excluding hydrogens is 364 g/mol. The first-order valence-corrected chi connectivity index (χ1v) is 9.11. The van der Waals surface area contributed by atoms with Gasteiger partial charge in [0.1, 0.15) is 0 Å². The number of fused-ring (bicyclic) bond motifs is 3. The van der Waals surface area contributed by atoms with Gasteiger partial charge in [-0.15, -0.1) is 0 Å². The first-order chi connectivity index (χ1) is 11.7. The number of aromatic nitrogens is 1. The Morgan fingerprint density at radius 2 is 1.96 bits per heavy atom. The Hall–Kier alpha value is -2.07. The van der Waals surface area contributed by atoms with E-state index in [1.54, 1.807) is 0 Å². The van der Waals surface area contributed by atoms with E-state index in [1.165, 1.54) is 22.2 Å². The van der Waals surface area contributed by atoms with E-state index in [1.807, 2.05) is 24.3 Å². The van der Waals surface area contributed by atoms with Gasteiger partial charge < -0.3 is 10.3 Å². The quantitative estimate of drug-likeness (QED) is 0.702. The summed E-state index contributed by atoms with van der Waals surface area (Å²) in [5.41, 5.74) is 4.91. The van der Waals surface area contributed by atoms with Crippen LogP contribution in [0.5, 0.6) is 0 Å². The normalized spacial score (nSPS) is 16.8. The number of nitrogens with one attached hydrogen (secondary N) is 2. The molecule has 1 unspecified atom stereocenters. The zero-order valence-corrected chi connectivity index (χ0v) is 14.9. The molecule has 0 aliphatic heterocycles. The Balaban J connectivity index is 1.47. The molecule has 2 aromatic carbocycles. The van der Waals surface area contributed by atoms with E-state index < -0.39 is 0 Å². The summed E-state index contributed by atoms with van der Waals surface area (Å²) in [4.78, 5) is 15.9. The monoisotopic (exact) mass is 382 g/mol. The molecule has 1 aliphatic carbocycles. The van der Waals surface area contributed by atoms with Crippen LogP contribution in [0.15, 0.2) is 53.0 Å². The van der Waals surface area contributed by atoms with Crippen LogP contribution in [-0.4, -0.2) is 16.9 Å². The van der Waals surface area contributed by atoms with Gasteiger partial charge in [0.15, 0.2) is 0 Å². The Bertz CT molecular complexity index is 900. The Labute approximate surface area is 149 Å². The molecule has 0 saturated carbocycles. The van der Waals surface area contributed by atoms with Gasteiger partial charge in [-0.05, 0) is 42.5 Å². The third kappa shape index (κ3) is 2.98.